The van der Waals surface area contributed by atoms with Crippen molar-refractivity contribution < 1.29 is 4.42 Å². The molecular formula is C10H13NOS. The molecule has 70 valence electrons. The van der Waals surface area contributed by atoms with Crippen molar-refractivity contribution in [1.82, 2.24) is 4.98 Å². The largest absolute Gasteiger partial charge is 0.470 e. The minimum Gasteiger partial charge on any atom is -0.470 e. The van der Waals surface area contributed by atoms with Gasteiger partial charge in [0, 0.05) is 11.1 Å². The van der Waals surface area contributed by atoms with E-state index in [0.717, 1.165) is 16.5 Å². The van der Waals surface area contributed by atoms with E-state index < -0.39 is 0 Å². The lowest BCUT2D eigenvalue weighted by Gasteiger charge is -1.71. The normalized spacial score (nSPS) is 9.15. The number of aromatic nitrogens is 1. The summed E-state index contributed by atoms with van der Waals surface area (Å²) >= 11 is 1.69. The quantitative estimate of drug-likeness (QED) is 0.644. The molecule has 0 amide bonds. The number of thiazole rings is 1. The monoisotopic (exact) mass is 195 g/mol. The Morgan fingerprint density at radius 2 is 2.08 bits per heavy atom. The van der Waals surface area contributed by atoms with Crippen molar-refractivity contribution in [3.05, 3.63) is 40.2 Å². The molecule has 0 fully saturated rings. The zero-order valence-corrected chi connectivity index (χ0v) is 8.89. The van der Waals surface area contributed by atoms with E-state index >= 15 is 0 Å². The summed E-state index contributed by atoms with van der Waals surface area (Å²) in [4.78, 5) is 4.13. The van der Waals surface area contributed by atoms with Gasteiger partial charge in [0.15, 0.2) is 0 Å². The van der Waals surface area contributed by atoms with Gasteiger partial charge in [-0.3, -0.25) is 0 Å². The molecule has 0 aromatic carbocycles. The number of hydrogen-bond acceptors (Lipinski definition) is 3. The lowest BCUT2D eigenvalue weighted by Crippen LogP contribution is -1.67. The molecule has 2 aromatic rings. The number of hydrogen-bond donors (Lipinski definition) is 0. The fraction of sp³-hybridized carbons (Fsp3) is 0.300. The van der Waals surface area contributed by atoms with Gasteiger partial charge >= 0.3 is 0 Å². The van der Waals surface area contributed by atoms with Crippen LogP contribution in [0.5, 0.6) is 0 Å². The minimum absolute atomic E-state index is 0.968. The molecule has 0 atom stereocenters. The van der Waals surface area contributed by atoms with Gasteiger partial charge in [-0.2, -0.15) is 0 Å². The first-order chi connectivity index (χ1) is 6.18. The van der Waals surface area contributed by atoms with Crippen molar-refractivity contribution in [2.45, 2.75) is 20.8 Å². The van der Waals surface area contributed by atoms with Crippen LogP contribution in [0.15, 0.2) is 28.2 Å². The van der Waals surface area contributed by atoms with Crippen molar-refractivity contribution in [2.24, 2.45) is 0 Å². The van der Waals surface area contributed by atoms with Crippen LogP contribution in [0.1, 0.15) is 16.5 Å². The van der Waals surface area contributed by atoms with Crippen LogP contribution in [0.25, 0.3) is 0 Å². The van der Waals surface area contributed by atoms with Crippen molar-refractivity contribution in [2.75, 3.05) is 0 Å². The van der Waals surface area contributed by atoms with E-state index in [1.807, 2.05) is 32.9 Å². The van der Waals surface area contributed by atoms with E-state index in [-0.39, 0.29) is 0 Å². The van der Waals surface area contributed by atoms with Gasteiger partial charge in [-0.05, 0) is 32.9 Å². The molecule has 0 radical (unpaired) electrons. The van der Waals surface area contributed by atoms with E-state index in [0.29, 0.717) is 0 Å². The molecule has 0 aliphatic heterocycles. The van der Waals surface area contributed by atoms with Gasteiger partial charge in [0.25, 0.3) is 0 Å². The number of rotatable bonds is 0. The molecule has 0 aliphatic carbocycles. The standard InChI is InChI=1S/C5H7NS.C5H6O/c1-4-3-7-5(2)6-4;1-5-3-2-4-6-5/h3H,1-2H3;2-4H,1H3. The molecule has 0 aliphatic rings. The molecule has 0 saturated heterocycles. The second-order valence-corrected chi connectivity index (χ2v) is 3.79. The average molecular weight is 195 g/mol. The Balaban J connectivity index is 0.000000132. The van der Waals surface area contributed by atoms with Crippen molar-refractivity contribution in [3.63, 3.8) is 0 Å². The maximum Gasteiger partial charge on any atom is 0.100 e. The number of furan rings is 1. The molecule has 3 heteroatoms. The number of aryl methyl sites for hydroxylation is 3. The third-order valence-electron chi connectivity index (χ3n) is 1.40. The first-order valence-electron chi connectivity index (χ1n) is 4.07. The third kappa shape index (κ3) is 3.90. The van der Waals surface area contributed by atoms with Crippen LogP contribution in [-0.4, -0.2) is 4.98 Å². The first kappa shape index (κ1) is 9.99. The second-order valence-electron chi connectivity index (χ2n) is 2.73. The highest BCUT2D eigenvalue weighted by atomic mass is 32.1. The molecule has 0 bridgehead atoms. The summed E-state index contributed by atoms with van der Waals surface area (Å²) in [7, 11) is 0. The van der Waals surface area contributed by atoms with Gasteiger partial charge < -0.3 is 4.42 Å². The van der Waals surface area contributed by atoms with Crippen molar-refractivity contribution >= 4 is 11.3 Å². The van der Waals surface area contributed by atoms with Crippen LogP contribution >= 0.6 is 11.3 Å². The highest BCUT2D eigenvalue weighted by molar-refractivity contribution is 7.09. The van der Waals surface area contributed by atoms with Gasteiger partial charge in [0.05, 0.1) is 11.3 Å². The minimum atomic E-state index is 0.968. The summed E-state index contributed by atoms with van der Waals surface area (Å²) < 4.78 is 4.83. The summed E-state index contributed by atoms with van der Waals surface area (Å²) in [5, 5.41) is 3.20. The fourth-order valence-electron chi connectivity index (χ4n) is 0.832. The highest BCUT2D eigenvalue weighted by Crippen LogP contribution is 2.04. The molecule has 0 spiro atoms. The highest BCUT2D eigenvalue weighted by Gasteiger charge is 1.86. The SMILES string of the molecule is Cc1ccco1.Cc1csc(C)n1. The predicted molar refractivity (Wildman–Crippen MR) is 55.0 cm³/mol. The first-order valence-corrected chi connectivity index (χ1v) is 4.95. The summed E-state index contributed by atoms with van der Waals surface area (Å²) in [5.74, 6) is 0.968. The van der Waals surface area contributed by atoms with Crippen LogP contribution in [0.3, 0.4) is 0 Å². The molecule has 2 aromatic heterocycles. The van der Waals surface area contributed by atoms with E-state index in [9.17, 15) is 0 Å². The van der Waals surface area contributed by atoms with E-state index in [2.05, 4.69) is 10.4 Å². The maximum absolute atomic E-state index is 4.83. The molecule has 2 heterocycles. The smallest absolute Gasteiger partial charge is 0.100 e. The molecule has 2 rings (SSSR count). The maximum atomic E-state index is 4.83. The van der Waals surface area contributed by atoms with Crippen LogP contribution in [0, 0.1) is 20.8 Å². The van der Waals surface area contributed by atoms with Gasteiger partial charge in [-0.25, -0.2) is 4.98 Å². The molecule has 0 unspecified atom stereocenters. The predicted octanol–water partition coefficient (Wildman–Crippen LogP) is 3.35. The fourth-order valence-corrected chi connectivity index (χ4v) is 1.42. The van der Waals surface area contributed by atoms with Crippen molar-refractivity contribution in [1.29, 1.82) is 0 Å². The third-order valence-corrected chi connectivity index (χ3v) is 2.29. The lowest BCUT2D eigenvalue weighted by atomic mass is 10.5. The van der Waals surface area contributed by atoms with Gasteiger partial charge in [0.2, 0.25) is 0 Å². The Hall–Kier alpha value is -1.09. The average Bonchev–Trinajstić information content (AvgIpc) is 2.64. The Morgan fingerprint density at radius 3 is 2.23 bits per heavy atom. The Labute approximate surface area is 82.2 Å². The van der Waals surface area contributed by atoms with Gasteiger partial charge in [-0.1, -0.05) is 0 Å². The Kier molecular flexibility index (Phi) is 3.71. The topological polar surface area (TPSA) is 26.0 Å². The summed E-state index contributed by atoms with van der Waals surface area (Å²) in [6.45, 7) is 5.93. The van der Waals surface area contributed by atoms with E-state index in [1.165, 1.54) is 0 Å². The second kappa shape index (κ2) is 4.82. The zero-order valence-electron chi connectivity index (χ0n) is 8.07. The van der Waals surface area contributed by atoms with E-state index in [1.54, 1.807) is 17.6 Å². The summed E-state index contributed by atoms with van der Waals surface area (Å²) in [6, 6.07) is 3.79. The van der Waals surface area contributed by atoms with Crippen LogP contribution in [0.2, 0.25) is 0 Å². The Bertz CT molecular complexity index is 321. The van der Waals surface area contributed by atoms with Gasteiger partial charge in [0.1, 0.15) is 5.76 Å². The van der Waals surface area contributed by atoms with Crippen LogP contribution in [-0.2, 0) is 0 Å². The number of nitrogens with zero attached hydrogens (tertiary/aromatic N) is 1. The van der Waals surface area contributed by atoms with Crippen LogP contribution < -0.4 is 0 Å². The lowest BCUT2D eigenvalue weighted by molar-refractivity contribution is 0.534. The molecular weight excluding hydrogens is 182 g/mol. The Morgan fingerprint density at radius 1 is 1.31 bits per heavy atom. The molecule has 13 heavy (non-hydrogen) atoms. The zero-order chi connectivity index (χ0) is 9.68. The summed E-state index contributed by atoms with van der Waals surface area (Å²) in [6.07, 6.45) is 1.66. The van der Waals surface area contributed by atoms with E-state index in [4.69, 9.17) is 4.42 Å². The molecule has 2 nitrogen and oxygen atoms in total. The van der Waals surface area contributed by atoms with Crippen LogP contribution in [0.4, 0.5) is 0 Å². The molecule has 0 saturated carbocycles. The van der Waals surface area contributed by atoms with Gasteiger partial charge in [-0.15, -0.1) is 11.3 Å². The van der Waals surface area contributed by atoms with Crippen molar-refractivity contribution in [3.8, 4) is 0 Å². The molecule has 0 N–H and O–H groups in total. The summed E-state index contributed by atoms with van der Waals surface area (Å²) in [5.41, 5.74) is 1.13.